The second-order valence-electron chi connectivity index (χ2n) is 11.1. The predicted octanol–water partition coefficient (Wildman–Crippen LogP) is 8.46. The number of nitrogens with zero attached hydrogens (tertiary/aromatic N) is 4. The molecule has 0 fully saturated rings. The molecule has 7 rings (SSSR count). The average molecular weight is 631 g/mol. The third-order valence-corrected chi connectivity index (χ3v) is 9.23. The number of hydrogen-bond donors (Lipinski definition) is 2. The van der Waals surface area contributed by atoms with Gasteiger partial charge in [-0.15, -0.1) is 5.10 Å². The normalized spacial score (nSPS) is 14.3. The molecule has 1 aliphatic heterocycles. The van der Waals surface area contributed by atoms with Crippen molar-refractivity contribution in [3.05, 3.63) is 148 Å². The van der Waals surface area contributed by atoms with Crippen LogP contribution in [0.25, 0.3) is 10.9 Å². The molecule has 4 aromatic carbocycles. The Morgan fingerprint density at radius 3 is 2.56 bits per heavy atom. The molecule has 3 heterocycles. The first-order valence-corrected chi connectivity index (χ1v) is 16.1. The molecule has 9 heteroatoms. The molecular formula is C36H31ClN6OS. The van der Waals surface area contributed by atoms with Crippen LogP contribution in [0.2, 0.25) is 5.02 Å². The number of benzene rings is 4. The highest BCUT2D eigenvalue weighted by Crippen LogP contribution is 2.40. The molecule has 0 spiro atoms. The minimum absolute atomic E-state index is 0.193. The zero-order chi connectivity index (χ0) is 30.9. The van der Waals surface area contributed by atoms with E-state index in [-0.39, 0.29) is 5.91 Å². The van der Waals surface area contributed by atoms with Crippen molar-refractivity contribution >= 4 is 51.8 Å². The Bertz CT molecular complexity index is 2060. The number of carbonyl (C=O) groups excluding carboxylic acids is 1. The van der Waals surface area contributed by atoms with Gasteiger partial charge in [-0.2, -0.15) is 4.98 Å². The van der Waals surface area contributed by atoms with Gasteiger partial charge < -0.3 is 15.2 Å². The Balaban J connectivity index is 1.33. The average Bonchev–Trinajstić information content (AvgIpc) is 3.61. The van der Waals surface area contributed by atoms with Gasteiger partial charge in [0.1, 0.15) is 6.04 Å². The number of amides is 1. The molecule has 45 heavy (non-hydrogen) atoms. The van der Waals surface area contributed by atoms with Crippen LogP contribution in [-0.4, -0.2) is 25.2 Å². The van der Waals surface area contributed by atoms with Crippen molar-refractivity contribution in [1.82, 2.24) is 19.3 Å². The van der Waals surface area contributed by atoms with E-state index in [1.54, 1.807) is 0 Å². The topological polar surface area (TPSA) is 76.8 Å². The van der Waals surface area contributed by atoms with Gasteiger partial charge in [-0.25, -0.2) is 4.68 Å². The lowest BCUT2D eigenvalue weighted by Gasteiger charge is -2.28. The van der Waals surface area contributed by atoms with Gasteiger partial charge in [-0.05, 0) is 54.8 Å². The fourth-order valence-corrected chi connectivity index (χ4v) is 6.97. The van der Waals surface area contributed by atoms with E-state index >= 15 is 0 Å². The number of carbonyl (C=O) groups is 1. The number of halogens is 1. The van der Waals surface area contributed by atoms with Crippen LogP contribution in [0.3, 0.4) is 0 Å². The van der Waals surface area contributed by atoms with Gasteiger partial charge >= 0.3 is 0 Å². The number of thioether (sulfide) groups is 1. The molecule has 1 unspecified atom stereocenters. The monoisotopic (exact) mass is 630 g/mol. The summed E-state index contributed by atoms with van der Waals surface area (Å²) in [5.74, 6) is 1.02. The molecule has 2 N–H and O–H groups in total. The van der Waals surface area contributed by atoms with Crippen molar-refractivity contribution < 1.29 is 4.79 Å². The standard InChI is InChI=1S/C36H31ClN6OS/c1-23-11-10-15-27(19-23)39-34(44)32-24(2)38-35-40-36(45-22-26-14-6-8-17-30(26)37)41-43(35)33(32)29-21-42(20-25-12-4-3-5-13-25)31-18-9-7-16-28(29)31/h3-19,21,33H,20,22H2,1-2H3,(H,39,44)(H,38,40,41). The first-order valence-electron chi connectivity index (χ1n) is 14.7. The van der Waals surface area contributed by atoms with E-state index < -0.39 is 6.04 Å². The smallest absolute Gasteiger partial charge is 0.255 e. The first kappa shape index (κ1) is 29.0. The Morgan fingerprint density at radius 1 is 0.956 bits per heavy atom. The molecule has 1 aliphatic rings. The van der Waals surface area contributed by atoms with Crippen LogP contribution in [0, 0.1) is 6.92 Å². The fraction of sp³-hybridized carbons (Fsp3) is 0.139. The second-order valence-corrected chi connectivity index (χ2v) is 12.5. The Morgan fingerprint density at radius 2 is 1.73 bits per heavy atom. The van der Waals surface area contributed by atoms with Gasteiger partial charge in [0, 0.05) is 51.4 Å². The van der Waals surface area contributed by atoms with Crippen molar-refractivity contribution in [2.75, 3.05) is 10.6 Å². The van der Waals surface area contributed by atoms with Crippen LogP contribution >= 0.6 is 23.4 Å². The summed E-state index contributed by atoms with van der Waals surface area (Å²) >= 11 is 7.95. The molecule has 1 amide bonds. The molecule has 0 saturated carbocycles. The van der Waals surface area contributed by atoms with E-state index in [9.17, 15) is 4.79 Å². The summed E-state index contributed by atoms with van der Waals surface area (Å²) in [6.07, 6.45) is 2.16. The summed E-state index contributed by atoms with van der Waals surface area (Å²) in [6.45, 7) is 4.63. The molecule has 0 aliphatic carbocycles. The number of fused-ring (bicyclic) bond motifs is 2. The molecule has 1 atom stereocenters. The van der Waals surface area contributed by atoms with Crippen LogP contribution < -0.4 is 10.6 Å². The number of hydrogen-bond acceptors (Lipinski definition) is 5. The van der Waals surface area contributed by atoms with Crippen LogP contribution in [0.4, 0.5) is 11.6 Å². The summed E-state index contributed by atoms with van der Waals surface area (Å²) < 4.78 is 4.10. The zero-order valence-electron chi connectivity index (χ0n) is 24.9. The third-order valence-electron chi connectivity index (χ3n) is 7.98. The van der Waals surface area contributed by atoms with Crippen molar-refractivity contribution in [2.45, 2.75) is 37.3 Å². The number of rotatable bonds is 8. The molecule has 0 bridgehead atoms. The van der Waals surface area contributed by atoms with E-state index in [0.717, 1.165) is 39.0 Å². The highest BCUT2D eigenvalue weighted by Gasteiger charge is 2.36. The summed E-state index contributed by atoms with van der Waals surface area (Å²) in [5.41, 5.74) is 7.39. The lowest BCUT2D eigenvalue weighted by Crippen LogP contribution is -2.31. The molecule has 7 nitrogen and oxygen atoms in total. The van der Waals surface area contributed by atoms with Crippen molar-refractivity contribution in [1.29, 1.82) is 0 Å². The maximum absolute atomic E-state index is 14.2. The van der Waals surface area contributed by atoms with Crippen LogP contribution in [0.15, 0.2) is 126 Å². The number of aryl methyl sites for hydroxylation is 1. The van der Waals surface area contributed by atoms with Gasteiger partial charge in [0.05, 0.1) is 5.57 Å². The highest BCUT2D eigenvalue weighted by atomic mass is 35.5. The number of anilines is 2. The summed E-state index contributed by atoms with van der Waals surface area (Å²) in [4.78, 5) is 19.0. The van der Waals surface area contributed by atoms with Gasteiger partial charge in [0.2, 0.25) is 11.1 Å². The minimum atomic E-state index is -0.518. The summed E-state index contributed by atoms with van der Waals surface area (Å²) in [5, 5.41) is 13.9. The second kappa shape index (κ2) is 12.3. The zero-order valence-corrected chi connectivity index (χ0v) is 26.4. The maximum Gasteiger partial charge on any atom is 0.255 e. The lowest BCUT2D eigenvalue weighted by molar-refractivity contribution is -0.113. The first-order chi connectivity index (χ1) is 21.9. The fourth-order valence-electron chi connectivity index (χ4n) is 5.86. The van der Waals surface area contributed by atoms with E-state index in [2.05, 4.69) is 57.8 Å². The summed E-state index contributed by atoms with van der Waals surface area (Å²) in [7, 11) is 0. The number of aromatic nitrogens is 4. The van der Waals surface area contributed by atoms with Crippen molar-refractivity contribution in [2.24, 2.45) is 0 Å². The molecule has 0 radical (unpaired) electrons. The largest absolute Gasteiger partial charge is 0.343 e. The number of allylic oxidation sites excluding steroid dienone is 1. The van der Waals surface area contributed by atoms with Crippen LogP contribution in [0.1, 0.15) is 35.2 Å². The Labute approximate surface area is 270 Å². The third kappa shape index (κ3) is 5.87. The molecule has 6 aromatic rings. The molecular weight excluding hydrogens is 600 g/mol. The van der Waals surface area contributed by atoms with Crippen LogP contribution in [0.5, 0.6) is 0 Å². The minimum Gasteiger partial charge on any atom is -0.343 e. The molecule has 0 saturated heterocycles. The Hall–Kier alpha value is -4.79. The van der Waals surface area contributed by atoms with Crippen LogP contribution in [-0.2, 0) is 17.1 Å². The Kier molecular flexibility index (Phi) is 7.92. The van der Waals surface area contributed by atoms with Crippen molar-refractivity contribution in [3.63, 3.8) is 0 Å². The lowest BCUT2D eigenvalue weighted by atomic mass is 9.94. The van der Waals surface area contributed by atoms with Crippen molar-refractivity contribution in [3.8, 4) is 0 Å². The predicted molar refractivity (Wildman–Crippen MR) is 183 cm³/mol. The summed E-state index contributed by atoms with van der Waals surface area (Å²) in [6, 6.07) is 33.8. The van der Waals surface area contributed by atoms with E-state index in [0.29, 0.717) is 34.0 Å². The van der Waals surface area contributed by atoms with Gasteiger partial charge in [0.25, 0.3) is 5.91 Å². The van der Waals surface area contributed by atoms with E-state index in [4.69, 9.17) is 21.7 Å². The van der Waals surface area contributed by atoms with Gasteiger partial charge in [-0.1, -0.05) is 102 Å². The van der Waals surface area contributed by atoms with Gasteiger partial charge in [-0.3, -0.25) is 4.79 Å². The highest BCUT2D eigenvalue weighted by molar-refractivity contribution is 7.98. The molecule has 2 aromatic heterocycles. The quantitative estimate of drug-likeness (QED) is 0.165. The maximum atomic E-state index is 14.2. The number of nitrogens with one attached hydrogen (secondary N) is 2. The van der Waals surface area contributed by atoms with Gasteiger partial charge in [0.15, 0.2) is 0 Å². The van der Waals surface area contributed by atoms with E-state index in [1.165, 1.54) is 17.3 Å². The molecule has 224 valence electrons. The number of para-hydroxylation sites is 1. The van der Waals surface area contributed by atoms with E-state index in [1.807, 2.05) is 85.3 Å². The SMILES string of the molecule is CC1=C(C(=O)Nc2cccc(C)c2)C(c2cn(Cc3ccccc3)c3ccccc23)n2nc(SCc3ccccc3Cl)nc2N1.